The van der Waals surface area contributed by atoms with Gasteiger partial charge in [-0.3, -0.25) is 4.79 Å². The van der Waals surface area contributed by atoms with E-state index in [1.54, 1.807) is 19.2 Å². The smallest absolute Gasteiger partial charge is 0.266 e. The van der Waals surface area contributed by atoms with Crippen LogP contribution in [0.15, 0.2) is 54.1 Å². The summed E-state index contributed by atoms with van der Waals surface area (Å²) in [6.45, 7) is 3.80. The summed E-state index contributed by atoms with van der Waals surface area (Å²) in [5.41, 5.74) is 5.33. The number of rotatable bonds is 5. The quantitative estimate of drug-likeness (QED) is 0.599. The molecule has 2 aromatic carbocycles. The summed E-state index contributed by atoms with van der Waals surface area (Å²) in [6.07, 6.45) is 1.29. The van der Waals surface area contributed by atoms with Gasteiger partial charge in [0.25, 0.3) is 5.95 Å². The number of nitrogens with zero attached hydrogens (tertiary/aromatic N) is 5. The summed E-state index contributed by atoms with van der Waals surface area (Å²) < 4.78 is 0. The van der Waals surface area contributed by atoms with Crippen molar-refractivity contribution in [2.45, 2.75) is 19.8 Å². The fraction of sp³-hybridized carbons (Fsp3) is 0.273. The lowest BCUT2D eigenvalue weighted by Crippen LogP contribution is -2.31. The van der Waals surface area contributed by atoms with Gasteiger partial charge < -0.3 is 4.90 Å². The van der Waals surface area contributed by atoms with Gasteiger partial charge in [0.05, 0.1) is 12.1 Å². The second-order valence-corrected chi connectivity index (χ2v) is 7.69. The third-order valence-electron chi connectivity index (χ3n) is 5.24. The van der Waals surface area contributed by atoms with Crippen LogP contribution in [0.4, 0.5) is 5.95 Å². The molecule has 0 fully saturated rings. The number of Topliss-reactive ketones (excluding diaryl/α,β-unsaturated/α-hetero) is 1. The molecule has 0 saturated carbocycles. The first-order valence-corrected chi connectivity index (χ1v) is 9.93. The zero-order valence-electron chi connectivity index (χ0n) is 16.5. The van der Waals surface area contributed by atoms with Crippen LogP contribution in [0.3, 0.4) is 0 Å². The Morgan fingerprint density at radius 1 is 1.14 bits per heavy atom. The Morgan fingerprint density at radius 3 is 2.59 bits per heavy atom. The molecule has 0 atom stereocenters. The molecule has 148 valence electrons. The first kappa shape index (κ1) is 19.3. The predicted molar refractivity (Wildman–Crippen MR) is 114 cm³/mol. The molecule has 3 aromatic rings. The summed E-state index contributed by atoms with van der Waals surface area (Å²) in [6, 6.07) is 15.4. The third kappa shape index (κ3) is 4.22. The van der Waals surface area contributed by atoms with Crippen LogP contribution in [0, 0.1) is 0 Å². The van der Waals surface area contributed by atoms with Crippen LogP contribution >= 0.6 is 11.6 Å². The highest BCUT2D eigenvalue weighted by Gasteiger charge is 2.21. The number of tetrazole rings is 1. The van der Waals surface area contributed by atoms with Crippen molar-refractivity contribution in [3.05, 3.63) is 75.8 Å². The molecule has 1 aliphatic rings. The second-order valence-electron chi connectivity index (χ2n) is 7.29. The molecule has 0 unspecified atom stereocenters. The number of anilines is 1. The van der Waals surface area contributed by atoms with Gasteiger partial charge in [-0.2, -0.15) is 4.80 Å². The molecule has 0 amide bonds. The van der Waals surface area contributed by atoms with Gasteiger partial charge >= 0.3 is 0 Å². The number of aryl methyl sites for hydroxylation is 1. The summed E-state index contributed by atoms with van der Waals surface area (Å²) >= 11 is 6.15. The largest absolute Gasteiger partial charge is 0.334 e. The van der Waals surface area contributed by atoms with Gasteiger partial charge in [-0.25, -0.2) is 0 Å². The van der Waals surface area contributed by atoms with Gasteiger partial charge in [0.2, 0.25) is 0 Å². The Morgan fingerprint density at radius 2 is 1.90 bits per heavy atom. The minimum absolute atomic E-state index is 0.0244. The maximum absolute atomic E-state index is 12.6. The van der Waals surface area contributed by atoms with E-state index in [1.165, 1.54) is 15.9 Å². The fourth-order valence-corrected chi connectivity index (χ4v) is 3.80. The van der Waals surface area contributed by atoms with Crippen LogP contribution in [0.1, 0.15) is 34.8 Å². The minimum atomic E-state index is 0.0244. The van der Waals surface area contributed by atoms with Crippen molar-refractivity contribution < 1.29 is 4.79 Å². The van der Waals surface area contributed by atoms with Gasteiger partial charge in [-0.15, -0.1) is 5.10 Å². The number of carbonyl (C=O) groups is 1. The Balaban J connectivity index is 1.49. The highest BCUT2D eigenvalue weighted by molar-refractivity contribution is 6.34. The number of halogens is 1. The van der Waals surface area contributed by atoms with Crippen molar-refractivity contribution in [1.29, 1.82) is 0 Å². The van der Waals surface area contributed by atoms with Crippen LogP contribution < -0.4 is 4.90 Å². The van der Waals surface area contributed by atoms with Crippen molar-refractivity contribution in [3.63, 3.8) is 0 Å². The standard InChI is InChI=1S/C22H22ClN5O/c1-15-11-12-28(22-24-26-27(2)25-22)14-19(15)17-9-7-16(8-10-17)13-21(29)18-5-3-4-6-20(18)23/h3-10H,11-14H2,1-2H3. The number of hydrogen-bond donors (Lipinski definition) is 0. The van der Waals surface area contributed by atoms with E-state index in [9.17, 15) is 4.79 Å². The number of benzene rings is 2. The molecule has 0 aliphatic carbocycles. The van der Waals surface area contributed by atoms with Crippen LogP contribution in [0.5, 0.6) is 0 Å². The zero-order valence-corrected chi connectivity index (χ0v) is 17.2. The minimum Gasteiger partial charge on any atom is -0.334 e. The highest BCUT2D eigenvalue weighted by Crippen LogP contribution is 2.28. The summed E-state index contributed by atoms with van der Waals surface area (Å²) in [5, 5.41) is 12.9. The Hall–Kier alpha value is -2.99. The number of carbonyl (C=O) groups excluding carboxylic acids is 1. The topological polar surface area (TPSA) is 63.9 Å². The Kier molecular flexibility index (Phi) is 5.45. The lowest BCUT2D eigenvalue weighted by Gasteiger charge is -2.29. The molecule has 6 nitrogen and oxygen atoms in total. The fourth-order valence-electron chi connectivity index (χ4n) is 3.56. The number of ketones is 1. The van der Waals surface area contributed by atoms with E-state index in [0.29, 0.717) is 23.0 Å². The van der Waals surface area contributed by atoms with Crippen molar-refractivity contribution >= 4 is 28.9 Å². The SMILES string of the molecule is CC1=C(c2ccc(CC(=O)c3ccccc3Cl)cc2)CN(c2nnn(C)n2)CC1. The molecule has 29 heavy (non-hydrogen) atoms. The van der Waals surface area contributed by atoms with E-state index in [2.05, 4.69) is 39.4 Å². The second kappa shape index (κ2) is 8.17. The number of aromatic nitrogens is 4. The van der Waals surface area contributed by atoms with Crippen molar-refractivity contribution in [2.75, 3.05) is 18.0 Å². The lowest BCUT2D eigenvalue weighted by molar-refractivity contribution is 0.0993. The van der Waals surface area contributed by atoms with Crippen LogP contribution in [0.25, 0.3) is 5.57 Å². The molecule has 0 bridgehead atoms. The van der Waals surface area contributed by atoms with Crippen LogP contribution in [-0.2, 0) is 13.5 Å². The van der Waals surface area contributed by atoms with Crippen molar-refractivity contribution in [2.24, 2.45) is 7.05 Å². The molecule has 0 N–H and O–H groups in total. The molecule has 0 spiro atoms. The van der Waals surface area contributed by atoms with Crippen molar-refractivity contribution in [1.82, 2.24) is 20.2 Å². The highest BCUT2D eigenvalue weighted by atomic mass is 35.5. The third-order valence-corrected chi connectivity index (χ3v) is 5.57. The van der Waals surface area contributed by atoms with Crippen LogP contribution in [0.2, 0.25) is 5.02 Å². The van der Waals surface area contributed by atoms with Gasteiger partial charge in [-0.1, -0.05) is 58.7 Å². The van der Waals surface area contributed by atoms with Gasteiger partial charge in [0.15, 0.2) is 5.78 Å². The lowest BCUT2D eigenvalue weighted by atomic mass is 9.93. The summed E-state index contributed by atoms with van der Waals surface area (Å²) in [4.78, 5) is 16.2. The van der Waals surface area contributed by atoms with E-state index in [4.69, 9.17) is 11.6 Å². The monoisotopic (exact) mass is 407 g/mol. The molecule has 1 aliphatic heterocycles. The molecule has 7 heteroatoms. The molecule has 1 aromatic heterocycles. The summed E-state index contributed by atoms with van der Waals surface area (Å²) in [7, 11) is 1.77. The zero-order chi connectivity index (χ0) is 20.4. The predicted octanol–water partition coefficient (Wildman–Crippen LogP) is 3.97. The Labute approximate surface area is 174 Å². The van der Waals surface area contributed by atoms with Gasteiger partial charge in [0, 0.05) is 25.1 Å². The molecule has 4 rings (SSSR count). The van der Waals surface area contributed by atoms with Gasteiger partial charge in [-0.05, 0) is 47.4 Å². The Bertz CT molecular complexity index is 1070. The average molecular weight is 408 g/mol. The van der Waals surface area contributed by atoms with Crippen molar-refractivity contribution in [3.8, 4) is 0 Å². The van der Waals surface area contributed by atoms with E-state index in [-0.39, 0.29) is 5.78 Å². The van der Waals surface area contributed by atoms with E-state index in [1.807, 2.05) is 24.3 Å². The number of hydrogen-bond acceptors (Lipinski definition) is 5. The summed E-state index contributed by atoms with van der Waals surface area (Å²) in [5.74, 6) is 0.677. The molecule has 0 saturated heterocycles. The first-order chi connectivity index (χ1) is 14.0. The van der Waals surface area contributed by atoms with E-state index >= 15 is 0 Å². The molecular formula is C22H22ClN5O. The molecule has 2 heterocycles. The average Bonchev–Trinajstić information content (AvgIpc) is 3.16. The molecule has 0 radical (unpaired) electrons. The van der Waals surface area contributed by atoms with E-state index < -0.39 is 0 Å². The van der Waals surface area contributed by atoms with E-state index in [0.717, 1.165) is 30.6 Å². The maximum Gasteiger partial charge on any atom is 0.266 e. The first-order valence-electron chi connectivity index (χ1n) is 9.56. The maximum atomic E-state index is 12.6. The van der Waals surface area contributed by atoms with Crippen LogP contribution in [-0.4, -0.2) is 39.1 Å². The normalized spacial score (nSPS) is 14.4. The van der Waals surface area contributed by atoms with Gasteiger partial charge in [0.1, 0.15) is 0 Å². The molecular weight excluding hydrogens is 386 g/mol.